The highest BCUT2D eigenvalue weighted by molar-refractivity contribution is 9.10. The van der Waals surface area contributed by atoms with Crippen molar-refractivity contribution in [3.05, 3.63) is 50.5 Å². The molecule has 1 N–H and O–H groups in total. The van der Waals surface area contributed by atoms with Gasteiger partial charge in [-0.15, -0.1) is 0 Å². The zero-order chi connectivity index (χ0) is 11.7. The van der Waals surface area contributed by atoms with Gasteiger partial charge in [-0.3, -0.25) is 0 Å². The Kier molecular flexibility index (Phi) is 2.92. The Hall–Kier alpha value is -1.42. The SMILES string of the molecule is Cc1cc(-c2cc(Br)ccc2C)nc(=O)[nH]1. The van der Waals surface area contributed by atoms with Gasteiger partial charge in [0, 0.05) is 15.7 Å². The molecule has 2 aromatic rings. The summed E-state index contributed by atoms with van der Waals surface area (Å²) in [5, 5.41) is 0. The lowest BCUT2D eigenvalue weighted by molar-refractivity contribution is 1.03. The zero-order valence-corrected chi connectivity index (χ0v) is 10.6. The van der Waals surface area contributed by atoms with E-state index in [0.29, 0.717) is 5.69 Å². The number of hydrogen-bond donors (Lipinski definition) is 1. The normalized spacial score (nSPS) is 10.4. The number of aromatic amines is 1. The Bertz CT molecular complexity index is 590. The van der Waals surface area contributed by atoms with Gasteiger partial charge in [-0.1, -0.05) is 22.0 Å². The van der Waals surface area contributed by atoms with Crippen LogP contribution in [0.2, 0.25) is 0 Å². The van der Waals surface area contributed by atoms with Crippen molar-refractivity contribution >= 4 is 15.9 Å². The van der Waals surface area contributed by atoms with E-state index in [-0.39, 0.29) is 5.69 Å². The molecule has 0 unspecified atom stereocenters. The molecule has 0 saturated heterocycles. The van der Waals surface area contributed by atoms with Crippen LogP contribution in [0.25, 0.3) is 11.3 Å². The van der Waals surface area contributed by atoms with Crippen molar-refractivity contribution in [3.8, 4) is 11.3 Å². The van der Waals surface area contributed by atoms with Crippen molar-refractivity contribution in [1.29, 1.82) is 0 Å². The fourth-order valence-corrected chi connectivity index (χ4v) is 1.95. The molecule has 0 atom stereocenters. The van der Waals surface area contributed by atoms with Gasteiger partial charge in [0.1, 0.15) is 0 Å². The van der Waals surface area contributed by atoms with Crippen LogP contribution in [-0.4, -0.2) is 9.97 Å². The number of rotatable bonds is 1. The molecule has 0 radical (unpaired) electrons. The van der Waals surface area contributed by atoms with Crippen LogP contribution in [0.4, 0.5) is 0 Å². The average molecular weight is 279 g/mol. The summed E-state index contributed by atoms with van der Waals surface area (Å²) in [5.41, 5.74) is 3.29. The first kappa shape index (κ1) is 11.1. The highest BCUT2D eigenvalue weighted by Gasteiger charge is 2.05. The lowest BCUT2D eigenvalue weighted by Crippen LogP contribution is -2.12. The number of hydrogen-bond acceptors (Lipinski definition) is 2. The van der Waals surface area contributed by atoms with Crippen LogP contribution < -0.4 is 5.69 Å². The molecule has 0 aliphatic carbocycles. The van der Waals surface area contributed by atoms with Gasteiger partial charge in [0.2, 0.25) is 0 Å². The van der Waals surface area contributed by atoms with Crippen LogP contribution in [0.3, 0.4) is 0 Å². The Morgan fingerprint density at radius 3 is 2.69 bits per heavy atom. The van der Waals surface area contributed by atoms with E-state index >= 15 is 0 Å². The smallest absolute Gasteiger partial charge is 0.310 e. The van der Waals surface area contributed by atoms with Gasteiger partial charge in [0.25, 0.3) is 0 Å². The van der Waals surface area contributed by atoms with Crippen molar-refractivity contribution < 1.29 is 0 Å². The third-order valence-electron chi connectivity index (χ3n) is 2.35. The summed E-state index contributed by atoms with van der Waals surface area (Å²) in [4.78, 5) is 17.9. The van der Waals surface area contributed by atoms with Crippen molar-refractivity contribution in [3.63, 3.8) is 0 Å². The molecular weight excluding hydrogens is 268 g/mol. The molecule has 0 saturated carbocycles. The fourth-order valence-electron chi connectivity index (χ4n) is 1.59. The first-order chi connectivity index (χ1) is 7.56. The third kappa shape index (κ3) is 2.22. The Morgan fingerprint density at radius 1 is 1.25 bits per heavy atom. The predicted octanol–water partition coefficient (Wildman–Crippen LogP) is 2.82. The summed E-state index contributed by atoms with van der Waals surface area (Å²) in [6.45, 7) is 3.85. The number of aromatic nitrogens is 2. The molecular formula is C12H11BrN2O. The van der Waals surface area contributed by atoms with Crippen LogP contribution in [0, 0.1) is 13.8 Å². The molecule has 1 heterocycles. The lowest BCUT2D eigenvalue weighted by Gasteiger charge is -2.06. The number of aryl methyl sites for hydroxylation is 2. The van der Waals surface area contributed by atoms with Gasteiger partial charge in [0.05, 0.1) is 5.69 Å². The van der Waals surface area contributed by atoms with E-state index in [1.54, 1.807) is 0 Å². The molecule has 1 aromatic carbocycles. The van der Waals surface area contributed by atoms with E-state index in [2.05, 4.69) is 25.9 Å². The summed E-state index contributed by atoms with van der Waals surface area (Å²) in [5.74, 6) is 0. The van der Waals surface area contributed by atoms with Crippen LogP contribution in [-0.2, 0) is 0 Å². The van der Waals surface area contributed by atoms with Crippen LogP contribution >= 0.6 is 15.9 Å². The fraction of sp³-hybridized carbons (Fsp3) is 0.167. The second-order valence-corrected chi connectivity index (χ2v) is 4.63. The van der Waals surface area contributed by atoms with E-state index < -0.39 is 0 Å². The lowest BCUT2D eigenvalue weighted by atomic mass is 10.1. The van der Waals surface area contributed by atoms with E-state index in [4.69, 9.17) is 0 Å². The third-order valence-corrected chi connectivity index (χ3v) is 2.85. The standard InChI is InChI=1S/C12H11BrN2O/c1-7-3-4-9(13)6-10(7)11-5-8(2)14-12(16)15-11/h3-6H,1-2H3,(H,14,15,16). The highest BCUT2D eigenvalue weighted by Crippen LogP contribution is 2.24. The molecule has 0 aliphatic rings. The maximum atomic E-state index is 11.3. The summed E-state index contributed by atoms with van der Waals surface area (Å²) in [6.07, 6.45) is 0. The molecule has 0 aliphatic heterocycles. The van der Waals surface area contributed by atoms with Gasteiger partial charge >= 0.3 is 5.69 Å². The van der Waals surface area contributed by atoms with Gasteiger partial charge < -0.3 is 4.98 Å². The van der Waals surface area contributed by atoms with Crippen molar-refractivity contribution in [2.24, 2.45) is 0 Å². The van der Waals surface area contributed by atoms with E-state index in [1.165, 1.54) is 0 Å². The first-order valence-electron chi connectivity index (χ1n) is 4.91. The molecule has 0 spiro atoms. The summed E-state index contributed by atoms with van der Waals surface area (Å²) in [7, 11) is 0. The molecule has 1 aromatic heterocycles. The molecule has 16 heavy (non-hydrogen) atoms. The van der Waals surface area contributed by atoms with Gasteiger partial charge in [0.15, 0.2) is 0 Å². The molecule has 0 bridgehead atoms. The number of H-pyrrole nitrogens is 1. The minimum absolute atomic E-state index is 0.311. The van der Waals surface area contributed by atoms with E-state index in [9.17, 15) is 4.79 Å². The van der Waals surface area contributed by atoms with Crippen LogP contribution in [0.1, 0.15) is 11.3 Å². The second kappa shape index (κ2) is 4.22. The van der Waals surface area contributed by atoms with E-state index in [1.807, 2.05) is 38.1 Å². The Morgan fingerprint density at radius 2 is 2.00 bits per heavy atom. The zero-order valence-electron chi connectivity index (χ0n) is 9.04. The summed E-state index contributed by atoms with van der Waals surface area (Å²) >= 11 is 3.42. The van der Waals surface area contributed by atoms with Crippen molar-refractivity contribution in [1.82, 2.24) is 9.97 Å². The molecule has 82 valence electrons. The van der Waals surface area contributed by atoms with Crippen LogP contribution in [0.15, 0.2) is 33.5 Å². The maximum Gasteiger partial charge on any atom is 0.345 e. The largest absolute Gasteiger partial charge is 0.345 e. The first-order valence-corrected chi connectivity index (χ1v) is 5.70. The molecule has 0 amide bonds. The average Bonchev–Trinajstić information content (AvgIpc) is 2.20. The quantitative estimate of drug-likeness (QED) is 0.872. The number of nitrogens with one attached hydrogen (secondary N) is 1. The number of benzene rings is 1. The maximum absolute atomic E-state index is 11.3. The van der Waals surface area contributed by atoms with Crippen molar-refractivity contribution in [2.45, 2.75) is 13.8 Å². The summed E-state index contributed by atoms with van der Waals surface area (Å²) in [6, 6.07) is 7.81. The Balaban J connectivity index is 2.66. The minimum atomic E-state index is -0.311. The molecule has 2 rings (SSSR count). The number of nitrogens with zero attached hydrogens (tertiary/aromatic N) is 1. The molecule has 0 fully saturated rings. The minimum Gasteiger partial charge on any atom is -0.310 e. The Labute approximate surface area is 102 Å². The summed E-state index contributed by atoms with van der Waals surface area (Å²) < 4.78 is 0.979. The monoisotopic (exact) mass is 278 g/mol. The topological polar surface area (TPSA) is 45.8 Å². The van der Waals surface area contributed by atoms with E-state index in [0.717, 1.165) is 21.3 Å². The predicted molar refractivity (Wildman–Crippen MR) is 67.5 cm³/mol. The molecule has 3 nitrogen and oxygen atoms in total. The number of halogens is 1. The molecule has 4 heteroatoms. The van der Waals surface area contributed by atoms with Gasteiger partial charge in [-0.25, -0.2) is 4.79 Å². The van der Waals surface area contributed by atoms with Crippen molar-refractivity contribution in [2.75, 3.05) is 0 Å². The van der Waals surface area contributed by atoms with Gasteiger partial charge in [-0.2, -0.15) is 4.98 Å². The van der Waals surface area contributed by atoms with Crippen LogP contribution in [0.5, 0.6) is 0 Å². The highest BCUT2D eigenvalue weighted by atomic mass is 79.9. The van der Waals surface area contributed by atoms with Gasteiger partial charge in [-0.05, 0) is 37.6 Å². The second-order valence-electron chi connectivity index (χ2n) is 3.71.